The molecule has 0 aliphatic rings. The number of esters is 1. The number of aromatic nitrogens is 2. The Kier molecular flexibility index (Phi) is 7.83. The van der Waals surface area contributed by atoms with E-state index in [4.69, 9.17) is 0 Å². The van der Waals surface area contributed by atoms with E-state index in [-0.39, 0.29) is 16.3 Å². The van der Waals surface area contributed by atoms with Crippen LogP contribution in [0.15, 0.2) is 28.6 Å². The molecule has 1 aromatic carbocycles. The highest BCUT2D eigenvalue weighted by molar-refractivity contribution is 8.01. The number of sulfonamides is 1. The minimum Gasteiger partial charge on any atom is -0.468 e. The molecule has 1 N–H and O–H groups in total. The van der Waals surface area contributed by atoms with Gasteiger partial charge in [0.2, 0.25) is 21.1 Å². The van der Waals surface area contributed by atoms with E-state index in [0.29, 0.717) is 10.0 Å². The highest BCUT2D eigenvalue weighted by Gasteiger charge is 2.23. The Morgan fingerprint density at radius 2 is 1.83 bits per heavy atom. The molecule has 164 valence electrons. The summed E-state index contributed by atoms with van der Waals surface area (Å²) in [4.78, 5) is 23.6. The maximum atomic E-state index is 12.4. The predicted octanol–water partition coefficient (Wildman–Crippen LogP) is 2.51. The molecule has 0 bridgehead atoms. The maximum Gasteiger partial charge on any atom is 0.316 e. The SMILES string of the molecule is COC(=O)CSc1nnc(NC(=O)CN(c2ccc(C(C)(C)C)cc2)S(C)(=O)=O)s1. The van der Waals surface area contributed by atoms with Crippen molar-refractivity contribution in [1.29, 1.82) is 0 Å². The van der Waals surface area contributed by atoms with Crippen molar-refractivity contribution in [2.75, 3.05) is 35.3 Å². The Bertz CT molecular complexity index is 998. The lowest BCUT2D eigenvalue weighted by molar-refractivity contribution is -0.137. The fourth-order valence-corrected chi connectivity index (χ4v) is 4.77. The second-order valence-corrected chi connectivity index (χ2v) is 11.5. The first-order valence-electron chi connectivity index (χ1n) is 8.81. The minimum atomic E-state index is -3.69. The van der Waals surface area contributed by atoms with Crippen LogP contribution in [-0.4, -0.2) is 56.2 Å². The quantitative estimate of drug-likeness (QED) is 0.354. The normalized spacial score (nSPS) is 11.8. The zero-order valence-corrected chi connectivity index (χ0v) is 19.8. The van der Waals surface area contributed by atoms with E-state index in [1.54, 1.807) is 12.1 Å². The van der Waals surface area contributed by atoms with E-state index in [0.717, 1.165) is 39.2 Å². The molecule has 1 heterocycles. The van der Waals surface area contributed by atoms with Crippen LogP contribution in [0, 0.1) is 0 Å². The number of carbonyl (C=O) groups is 2. The highest BCUT2D eigenvalue weighted by Crippen LogP contribution is 2.27. The van der Waals surface area contributed by atoms with Crippen LogP contribution in [0.2, 0.25) is 0 Å². The number of amides is 1. The fourth-order valence-electron chi connectivity index (χ4n) is 2.32. The summed E-state index contributed by atoms with van der Waals surface area (Å²) in [6, 6.07) is 7.06. The number of benzene rings is 1. The van der Waals surface area contributed by atoms with Crippen molar-refractivity contribution in [2.24, 2.45) is 0 Å². The molecular weight excluding hydrogens is 448 g/mol. The molecule has 1 aromatic heterocycles. The third kappa shape index (κ3) is 6.96. The van der Waals surface area contributed by atoms with Crippen molar-refractivity contribution < 1.29 is 22.7 Å². The first-order chi connectivity index (χ1) is 13.9. The molecule has 0 spiro atoms. The Morgan fingerprint density at radius 3 is 2.37 bits per heavy atom. The number of thioether (sulfide) groups is 1. The Morgan fingerprint density at radius 1 is 1.20 bits per heavy atom. The van der Waals surface area contributed by atoms with Crippen LogP contribution in [-0.2, 0) is 29.8 Å². The highest BCUT2D eigenvalue weighted by atomic mass is 32.2. The summed E-state index contributed by atoms with van der Waals surface area (Å²) in [5.41, 5.74) is 1.37. The summed E-state index contributed by atoms with van der Waals surface area (Å²) in [7, 11) is -2.39. The van der Waals surface area contributed by atoms with Crippen molar-refractivity contribution in [3.05, 3.63) is 29.8 Å². The van der Waals surface area contributed by atoms with E-state index in [1.165, 1.54) is 7.11 Å². The molecule has 30 heavy (non-hydrogen) atoms. The molecule has 2 rings (SSSR count). The van der Waals surface area contributed by atoms with Gasteiger partial charge in [-0.1, -0.05) is 56.0 Å². The summed E-state index contributed by atoms with van der Waals surface area (Å²) in [5.74, 6) is -0.881. The predicted molar refractivity (Wildman–Crippen MR) is 119 cm³/mol. The summed E-state index contributed by atoms with van der Waals surface area (Å²) in [6.45, 7) is 5.77. The second-order valence-electron chi connectivity index (χ2n) is 7.35. The number of hydrogen-bond acceptors (Lipinski definition) is 9. The zero-order valence-electron chi connectivity index (χ0n) is 17.3. The Balaban J connectivity index is 2.08. The maximum absolute atomic E-state index is 12.4. The number of methoxy groups -OCH3 is 1. The third-order valence-corrected chi connectivity index (χ3v) is 6.99. The summed E-state index contributed by atoms with van der Waals surface area (Å²) in [6.07, 6.45) is 1.05. The van der Waals surface area contributed by atoms with Gasteiger partial charge in [0.05, 0.1) is 24.8 Å². The van der Waals surface area contributed by atoms with Crippen LogP contribution < -0.4 is 9.62 Å². The number of rotatable bonds is 8. The molecule has 0 aliphatic heterocycles. The van der Waals surface area contributed by atoms with Crippen molar-refractivity contribution in [3.8, 4) is 0 Å². The van der Waals surface area contributed by atoms with E-state index < -0.39 is 28.4 Å². The summed E-state index contributed by atoms with van der Waals surface area (Å²) >= 11 is 2.21. The molecule has 9 nitrogen and oxygen atoms in total. The van der Waals surface area contributed by atoms with Gasteiger partial charge < -0.3 is 4.74 Å². The van der Waals surface area contributed by atoms with Crippen LogP contribution >= 0.6 is 23.1 Å². The molecule has 0 fully saturated rings. The van der Waals surface area contributed by atoms with Gasteiger partial charge in [-0.05, 0) is 23.1 Å². The van der Waals surface area contributed by atoms with Gasteiger partial charge in [0.25, 0.3) is 0 Å². The second kappa shape index (κ2) is 9.75. The van der Waals surface area contributed by atoms with Gasteiger partial charge in [0.1, 0.15) is 6.54 Å². The summed E-state index contributed by atoms with van der Waals surface area (Å²) < 4.78 is 30.6. The lowest BCUT2D eigenvalue weighted by Crippen LogP contribution is -2.37. The number of nitrogens with one attached hydrogen (secondary N) is 1. The smallest absolute Gasteiger partial charge is 0.316 e. The van der Waals surface area contributed by atoms with Gasteiger partial charge in [0.15, 0.2) is 4.34 Å². The van der Waals surface area contributed by atoms with Crippen LogP contribution in [0.1, 0.15) is 26.3 Å². The topological polar surface area (TPSA) is 119 Å². The monoisotopic (exact) mass is 472 g/mol. The molecule has 0 saturated carbocycles. The van der Waals surface area contributed by atoms with E-state index >= 15 is 0 Å². The van der Waals surface area contributed by atoms with Crippen molar-refractivity contribution >= 4 is 55.8 Å². The average molecular weight is 473 g/mol. The van der Waals surface area contributed by atoms with Crippen LogP contribution in [0.5, 0.6) is 0 Å². The van der Waals surface area contributed by atoms with E-state index in [1.807, 2.05) is 12.1 Å². The number of carbonyl (C=O) groups excluding carboxylic acids is 2. The Hall–Kier alpha value is -2.18. The van der Waals surface area contributed by atoms with Crippen LogP contribution in [0.4, 0.5) is 10.8 Å². The van der Waals surface area contributed by atoms with Gasteiger partial charge in [-0.15, -0.1) is 10.2 Å². The first-order valence-corrected chi connectivity index (χ1v) is 12.5. The van der Waals surface area contributed by atoms with Gasteiger partial charge in [0, 0.05) is 0 Å². The number of anilines is 2. The van der Waals surface area contributed by atoms with Crippen LogP contribution in [0.25, 0.3) is 0 Å². The molecule has 2 aromatic rings. The third-order valence-electron chi connectivity index (χ3n) is 3.90. The Labute approximate surface area is 184 Å². The van der Waals surface area contributed by atoms with Gasteiger partial charge in [-0.2, -0.15) is 0 Å². The van der Waals surface area contributed by atoms with E-state index in [9.17, 15) is 18.0 Å². The molecule has 1 amide bonds. The molecule has 0 atom stereocenters. The molecular formula is C18H24N4O5S3. The van der Waals surface area contributed by atoms with Gasteiger partial charge in [-0.25, -0.2) is 8.42 Å². The lowest BCUT2D eigenvalue weighted by Gasteiger charge is -2.24. The molecule has 0 radical (unpaired) electrons. The number of ether oxygens (including phenoxy) is 1. The first kappa shape index (κ1) is 24.1. The summed E-state index contributed by atoms with van der Waals surface area (Å²) in [5, 5.41) is 10.5. The van der Waals surface area contributed by atoms with Gasteiger partial charge in [-0.3, -0.25) is 19.2 Å². The largest absolute Gasteiger partial charge is 0.468 e. The van der Waals surface area contributed by atoms with Gasteiger partial charge >= 0.3 is 5.97 Å². The molecule has 12 heteroatoms. The molecule has 0 unspecified atom stereocenters. The lowest BCUT2D eigenvalue weighted by atomic mass is 9.87. The van der Waals surface area contributed by atoms with Crippen LogP contribution in [0.3, 0.4) is 0 Å². The average Bonchev–Trinajstić information content (AvgIpc) is 3.10. The van der Waals surface area contributed by atoms with E-state index in [2.05, 4.69) is 41.0 Å². The van der Waals surface area contributed by atoms with Crippen molar-refractivity contribution in [1.82, 2.24) is 10.2 Å². The molecule has 0 saturated heterocycles. The number of hydrogen-bond donors (Lipinski definition) is 1. The van der Waals surface area contributed by atoms with Crippen molar-refractivity contribution in [3.63, 3.8) is 0 Å². The number of nitrogens with zero attached hydrogens (tertiary/aromatic N) is 3. The fraction of sp³-hybridized carbons (Fsp3) is 0.444. The standard InChI is InChI=1S/C18H24N4O5S3/c1-18(2,3)12-6-8-13(9-7-12)22(30(5,25)26)10-14(23)19-16-20-21-17(29-16)28-11-15(24)27-4/h6-9H,10-11H2,1-5H3,(H,19,20,23). The zero-order chi connectivity index (χ0) is 22.5. The van der Waals surface area contributed by atoms with Crippen molar-refractivity contribution in [2.45, 2.75) is 30.5 Å². The molecule has 0 aliphatic carbocycles. The minimum absolute atomic E-state index is 0.0749.